The molecular formula is C12H10N2O3S3. The standard InChI is InChI=1S/C12H10N2O3S3/c15-11(14-6-19-5-9(14)12(16)17)8-4-20-10(13-8)7-1-2-18-3-7/h1-4,9H,5-6H2,(H,16,17)/t9-/m0/s1. The second-order valence-electron chi connectivity index (χ2n) is 4.18. The number of hydrogen-bond donors (Lipinski definition) is 1. The molecule has 0 aromatic carbocycles. The largest absolute Gasteiger partial charge is 0.480 e. The van der Waals surface area contributed by atoms with E-state index in [2.05, 4.69) is 4.98 Å². The third kappa shape index (κ3) is 2.46. The van der Waals surface area contributed by atoms with Gasteiger partial charge in [0, 0.05) is 22.1 Å². The fourth-order valence-corrected chi connectivity index (χ4v) is 4.54. The number of carbonyl (C=O) groups is 2. The minimum atomic E-state index is -0.961. The number of thioether (sulfide) groups is 1. The van der Waals surface area contributed by atoms with Crippen LogP contribution in [0.2, 0.25) is 0 Å². The van der Waals surface area contributed by atoms with E-state index in [9.17, 15) is 9.59 Å². The van der Waals surface area contributed by atoms with Gasteiger partial charge in [-0.15, -0.1) is 23.1 Å². The summed E-state index contributed by atoms with van der Waals surface area (Å²) in [7, 11) is 0. The maximum absolute atomic E-state index is 12.3. The molecular weight excluding hydrogens is 316 g/mol. The van der Waals surface area contributed by atoms with Crippen molar-refractivity contribution in [3.63, 3.8) is 0 Å². The van der Waals surface area contributed by atoms with Gasteiger partial charge in [0.2, 0.25) is 0 Å². The van der Waals surface area contributed by atoms with Crippen molar-refractivity contribution in [2.24, 2.45) is 0 Å². The highest BCUT2D eigenvalue weighted by molar-refractivity contribution is 7.99. The Kier molecular flexibility index (Phi) is 3.77. The van der Waals surface area contributed by atoms with E-state index in [0.717, 1.165) is 10.6 Å². The molecule has 2 aromatic heterocycles. The van der Waals surface area contributed by atoms with Crippen molar-refractivity contribution in [1.82, 2.24) is 9.88 Å². The van der Waals surface area contributed by atoms with Crippen LogP contribution in [0.1, 0.15) is 10.5 Å². The lowest BCUT2D eigenvalue weighted by Crippen LogP contribution is -2.41. The molecule has 1 saturated heterocycles. The highest BCUT2D eigenvalue weighted by Crippen LogP contribution is 2.28. The number of aliphatic carboxylic acids is 1. The summed E-state index contributed by atoms with van der Waals surface area (Å²) in [5.41, 5.74) is 1.31. The van der Waals surface area contributed by atoms with E-state index >= 15 is 0 Å². The van der Waals surface area contributed by atoms with Gasteiger partial charge in [0.05, 0.1) is 5.88 Å². The normalized spacial score (nSPS) is 18.4. The van der Waals surface area contributed by atoms with Gasteiger partial charge in [-0.05, 0) is 11.4 Å². The Morgan fingerprint density at radius 3 is 2.95 bits per heavy atom. The molecule has 1 fully saturated rings. The summed E-state index contributed by atoms with van der Waals surface area (Å²) < 4.78 is 0. The van der Waals surface area contributed by atoms with Gasteiger partial charge < -0.3 is 10.0 Å². The zero-order valence-corrected chi connectivity index (χ0v) is 12.6. The van der Waals surface area contributed by atoms with Crippen LogP contribution in [-0.4, -0.2) is 44.5 Å². The number of carboxylic acids is 1. The molecule has 1 N–H and O–H groups in total. The van der Waals surface area contributed by atoms with Gasteiger partial charge >= 0.3 is 5.97 Å². The average molecular weight is 326 g/mol. The zero-order valence-electron chi connectivity index (χ0n) is 10.2. The number of carbonyl (C=O) groups excluding carboxylic acids is 1. The van der Waals surface area contributed by atoms with Crippen LogP contribution in [0, 0.1) is 0 Å². The highest BCUT2D eigenvalue weighted by Gasteiger charge is 2.35. The van der Waals surface area contributed by atoms with E-state index in [1.807, 2.05) is 16.8 Å². The summed E-state index contributed by atoms with van der Waals surface area (Å²) in [6, 6.07) is 1.20. The molecule has 8 heteroatoms. The lowest BCUT2D eigenvalue weighted by Gasteiger charge is -2.19. The summed E-state index contributed by atoms with van der Waals surface area (Å²) in [5.74, 6) is -0.430. The lowest BCUT2D eigenvalue weighted by molar-refractivity contribution is -0.140. The van der Waals surface area contributed by atoms with Crippen molar-refractivity contribution >= 4 is 46.3 Å². The van der Waals surface area contributed by atoms with Gasteiger partial charge in [-0.1, -0.05) is 0 Å². The summed E-state index contributed by atoms with van der Waals surface area (Å²) in [6.07, 6.45) is 0. The molecule has 0 saturated carbocycles. The molecule has 1 amide bonds. The Morgan fingerprint density at radius 2 is 2.25 bits per heavy atom. The predicted molar refractivity (Wildman–Crippen MR) is 80.3 cm³/mol. The number of amides is 1. The third-order valence-electron chi connectivity index (χ3n) is 2.92. The molecule has 5 nitrogen and oxygen atoms in total. The molecule has 0 unspecified atom stereocenters. The minimum absolute atomic E-state index is 0.305. The highest BCUT2D eigenvalue weighted by atomic mass is 32.2. The Hall–Kier alpha value is -1.38. The number of nitrogens with zero attached hydrogens (tertiary/aromatic N) is 2. The van der Waals surface area contributed by atoms with E-state index in [4.69, 9.17) is 5.11 Å². The average Bonchev–Trinajstić information content (AvgIpc) is 3.17. The minimum Gasteiger partial charge on any atom is -0.480 e. The summed E-state index contributed by atoms with van der Waals surface area (Å²) >= 11 is 4.42. The maximum atomic E-state index is 12.3. The van der Waals surface area contributed by atoms with Gasteiger partial charge in [-0.25, -0.2) is 9.78 Å². The van der Waals surface area contributed by atoms with Crippen molar-refractivity contribution in [3.05, 3.63) is 27.9 Å². The fraction of sp³-hybridized carbons (Fsp3) is 0.250. The summed E-state index contributed by atoms with van der Waals surface area (Å²) in [6.45, 7) is 0. The number of hydrogen-bond acceptors (Lipinski definition) is 6. The van der Waals surface area contributed by atoms with Crippen LogP contribution in [0.15, 0.2) is 22.2 Å². The molecule has 3 rings (SSSR count). The topological polar surface area (TPSA) is 70.5 Å². The molecule has 0 bridgehead atoms. The molecule has 104 valence electrons. The van der Waals surface area contributed by atoms with Crippen LogP contribution in [0.25, 0.3) is 10.6 Å². The third-order valence-corrected chi connectivity index (χ3v) is 5.51. The molecule has 1 aliphatic heterocycles. The van der Waals surface area contributed by atoms with E-state index < -0.39 is 12.0 Å². The van der Waals surface area contributed by atoms with Crippen LogP contribution >= 0.6 is 34.4 Å². The first-order valence-electron chi connectivity index (χ1n) is 5.76. The molecule has 3 heterocycles. The van der Waals surface area contributed by atoms with E-state index in [1.54, 1.807) is 16.7 Å². The van der Waals surface area contributed by atoms with Crippen molar-refractivity contribution in [3.8, 4) is 10.6 Å². The number of thiophene rings is 1. The number of rotatable bonds is 3. The van der Waals surface area contributed by atoms with Crippen LogP contribution in [0.3, 0.4) is 0 Å². The first-order chi connectivity index (χ1) is 9.66. The Labute approximate surface area is 127 Å². The molecule has 1 aliphatic rings. The second kappa shape index (κ2) is 5.55. The van der Waals surface area contributed by atoms with E-state index in [0.29, 0.717) is 17.3 Å². The predicted octanol–water partition coefficient (Wildman–Crippen LogP) is 2.47. The van der Waals surface area contributed by atoms with Crippen molar-refractivity contribution in [1.29, 1.82) is 0 Å². The van der Waals surface area contributed by atoms with Gasteiger partial charge in [0.25, 0.3) is 5.91 Å². The van der Waals surface area contributed by atoms with Crippen molar-refractivity contribution in [2.75, 3.05) is 11.6 Å². The SMILES string of the molecule is O=C(O)[C@@H]1CSCN1C(=O)c1csc(-c2ccsc2)n1. The molecule has 0 aliphatic carbocycles. The van der Waals surface area contributed by atoms with Crippen LogP contribution in [0.4, 0.5) is 0 Å². The number of thiazole rings is 1. The zero-order chi connectivity index (χ0) is 14.1. The van der Waals surface area contributed by atoms with E-state index in [-0.39, 0.29) is 5.91 Å². The van der Waals surface area contributed by atoms with E-state index in [1.165, 1.54) is 28.0 Å². The maximum Gasteiger partial charge on any atom is 0.327 e. The lowest BCUT2D eigenvalue weighted by atomic mass is 10.3. The molecule has 20 heavy (non-hydrogen) atoms. The molecule has 0 radical (unpaired) electrons. The molecule has 2 aromatic rings. The molecule has 1 atom stereocenters. The van der Waals surface area contributed by atoms with Crippen molar-refractivity contribution in [2.45, 2.75) is 6.04 Å². The smallest absolute Gasteiger partial charge is 0.327 e. The Balaban J connectivity index is 1.83. The van der Waals surface area contributed by atoms with Gasteiger partial charge in [0.15, 0.2) is 0 Å². The van der Waals surface area contributed by atoms with Crippen LogP contribution < -0.4 is 0 Å². The second-order valence-corrected chi connectivity index (χ2v) is 6.82. The Morgan fingerprint density at radius 1 is 1.40 bits per heavy atom. The van der Waals surface area contributed by atoms with Crippen LogP contribution in [-0.2, 0) is 4.79 Å². The summed E-state index contributed by atoms with van der Waals surface area (Å²) in [5, 5.41) is 15.5. The van der Waals surface area contributed by atoms with Crippen molar-refractivity contribution < 1.29 is 14.7 Å². The van der Waals surface area contributed by atoms with Crippen LogP contribution in [0.5, 0.6) is 0 Å². The van der Waals surface area contributed by atoms with Gasteiger partial charge in [-0.3, -0.25) is 4.79 Å². The quantitative estimate of drug-likeness (QED) is 0.938. The number of aromatic nitrogens is 1. The van der Waals surface area contributed by atoms with Gasteiger partial charge in [0.1, 0.15) is 16.7 Å². The molecule has 0 spiro atoms. The number of carboxylic acid groups (broad SMARTS) is 1. The summed E-state index contributed by atoms with van der Waals surface area (Å²) in [4.78, 5) is 29.2. The first kappa shape index (κ1) is 13.6. The van der Waals surface area contributed by atoms with Gasteiger partial charge in [-0.2, -0.15) is 11.3 Å². The fourth-order valence-electron chi connectivity index (χ4n) is 1.89. The monoisotopic (exact) mass is 326 g/mol. The Bertz CT molecular complexity index is 638. The first-order valence-corrected chi connectivity index (χ1v) is 8.74.